The molecule has 0 N–H and O–H groups in total. The van der Waals surface area contributed by atoms with Crippen LogP contribution in [0.3, 0.4) is 0 Å². The van der Waals surface area contributed by atoms with Crippen molar-refractivity contribution in [2.45, 2.75) is 33.1 Å². The Hall–Kier alpha value is -2.62. The minimum absolute atomic E-state index is 0.0288. The monoisotopic (exact) mass is 350 g/mol. The maximum absolute atomic E-state index is 13.2. The Morgan fingerprint density at radius 3 is 2.50 bits per heavy atom. The van der Waals surface area contributed by atoms with Crippen molar-refractivity contribution in [1.82, 2.24) is 0 Å². The van der Waals surface area contributed by atoms with Crippen molar-refractivity contribution in [2.75, 3.05) is 22.9 Å². The first-order chi connectivity index (χ1) is 12.6. The van der Waals surface area contributed by atoms with E-state index in [1.807, 2.05) is 66.4 Å². The van der Waals surface area contributed by atoms with Crippen LogP contribution in [0.1, 0.15) is 31.7 Å². The lowest BCUT2D eigenvalue weighted by atomic mass is 10.1. The van der Waals surface area contributed by atoms with E-state index in [2.05, 4.69) is 6.92 Å². The van der Waals surface area contributed by atoms with E-state index in [-0.39, 0.29) is 24.2 Å². The number of rotatable bonds is 6. The molecular formula is C22H26N2O2. The van der Waals surface area contributed by atoms with Crippen molar-refractivity contribution in [3.63, 3.8) is 0 Å². The van der Waals surface area contributed by atoms with Crippen LogP contribution in [0.5, 0.6) is 0 Å². The molecule has 0 unspecified atom stereocenters. The molecule has 1 saturated heterocycles. The summed E-state index contributed by atoms with van der Waals surface area (Å²) in [5.74, 6) is -0.214. The lowest BCUT2D eigenvalue weighted by Gasteiger charge is -2.26. The van der Waals surface area contributed by atoms with E-state index in [4.69, 9.17) is 0 Å². The molecule has 2 aromatic rings. The number of nitrogens with zero attached hydrogens (tertiary/aromatic N) is 2. The standard InChI is InChI=1S/C22H26N2O2/c1-3-4-14-23(19-11-6-5-7-12-19)22(26)18-15-21(25)24(16-18)20-13-9-8-10-17(20)2/h5-13,18H,3-4,14-16H2,1-2H3/t18-/m0/s1. The summed E-state index contributed by atoms with van der Waals surface area (Å²) >= 11 is 0. The highest BCUT2D eigenvalue weighted by molar-refractivity contribution is 6.04. The van der Waals surface area contributed by atoms with E-state index in [1.54, 1.807) is 4.90 Å². The van der Waals surface area contributed by atoms with Crippen LogP contribution in [-0.2, 0) is 9.59 Å². The van der Waals surface area contributed by atoms with E-state index < -0.39 is 0 Å². The molecule has 2 amide bonds. The zero-order chi connectivity index (χ0) is 18.5. The molecule has 1 aliphatic heterocycles. The van der Waals surface area contributed by atoms with E-state index in [0.29, 0.717) is 13.1 Å². The molecule has 0 saturated carbocycles. The third kappa shape index (κ3) is 3.79. The Morgan fingerprint density at radius 2 is 1.81 bits per heavy atom. The second-order valence-corrected chi connectivity index (χ2v) is 6.87. The van der Waals surface area contributed by atoms with E-state index in [0.717, 1.165) is 29.8 Å². The summed E-state index contributed by atoms with van der Waals surface area (Å²) in [5.41, 5.74) is 2.88. The molecule has 1 atom stereocenters. The lowest BCUT2D eigenvalue weighted by molar-refractivity contribution is -0.124. The predicted molar refractivity (Wildman–Crippen MR) is 105 cm³/mol. The van der Waals surface area contributed by atoms with Crippen LogP contribution < -0.4 is 9.80 Å². The molecule has 0 aromatic heterocycles. The molecule has 2 aromatic carbocycles. The minimum atomic E-state index is -0.292. The van der Waals surface area contributed by atoms with Gasteiger partial charge in [0.25, 0.3) is 0 Å². The summed E-state index contributed by atoms with van der Waals surface area (Å²) in [5, 5.41) is 0. The van der Waals surface area contributed by atoms with Crippen molar-refractivity contribution >= 4 is 23.2 Å². The van der Waals surface area contributed by atoms with E-state index in [1.165, 1.54) is 0 Å². The highest BCUT2D eigenvalue weighted by Crippen LogP contribution is 2.30. The molecule has 4 nitrogen and oxygen atoms in total. The number of hydrogen-bond acceptors (Lipinski definition) is 2. The van der Waals surface area contributed by atoms with Gasteiger partial charge in [-0.3, -0.25) is 9.59 Å². The second kappa shape index (κ2) is 8.17. The molecule has 0 radical (unpaired) electrons. The van der Waals surface area contributed by atoms with Gasteiger partial charge in [0.15, 0.2) is 0 Å². The number of anilines is 2. The Bertz CT molecular complexity index is 773. The molecular weight excluding hydrogens is 324 g/mol. The fourth-order valence-electron chi connectivity index (χ4n) is 3.48. The molecule has 0 aliphatic carbocycles. The molecule has 1 fully saturated rings. The average molecular weight is 350 g/mol. The summed E-state index contributed by atoms with van der Waals surface area (Å²) in [7, 11) is 0. The van der Waals surface area contributed by atoms with Crippen molar-refractivity contribution in [2.24, 2.45) is 5.92 Å². The summed E-state index contributed by atoms with van der Waals surface area (Å²) in [4.78, 5) is 29.4. The molecule has 1 heterocycles. The van der Waals surface area contributed by atoms with Crippen LogP contribution in [0, 0.1) is 12.8 Å². The van der Waals surface area contributed by atoms with Gasteiger partial charge in [-0.1, -0.05) is 49.7 Å². The smallest absolute Gasteiger partial charge is 0.232 e. The Morgan fingerprint density at radius 1 is 1.12 bits per heavy atom. The van der Waals surface area contributed by atoms with Crippen molar-refractivity contribution < 1.29 is 9.59 Å². The number of carbonyl (C=O) groups excluding carboxylic acids is 2. The molecule has 4 heteroatoms. The number of hydrogen-bond donors (Lipinski definition) is 0. The number of benzene rings is 2. The van der Waals surface area contributed by atoms with Crippen LogP contribution in [-0.4, -0.2) is 24.9 Å². The fourth-order valence-corrected chi connectivity index (χ4v) is 3.48. The number of amides is 2. The maximum Gasteiger partial charge on any atom is 0.232 e. The Labute approximate surface area is 155 Å². The van der Waals surface area contributed by atoms with Gasteiger partial charge in [-0.2, -0.15) is 0 Å². The number of para-hydroxylation sites is 2. The van der Waals surface area contributed by atoms with Crippen molar-refractivity contribution in [3.8, 4) is 0 Å². The zero-order valence-electron chi connectivity index (χ0n) is 15.5. The lowest BCUT2D eigenvalue weighted by Crippen LogP contribution is -2.38. The largest absolute Gasteiger partial charge is 0.312 e. The molecule has 1 aliphatic rings. The summed E-state index contributed by atoms with van der Waals surface area (Å²) < 4.78 is 0. The minimum Gasteiger partial charge on any atom is -0.312 e. The second-order valence-electron chi connectivity index (χ2n) is 6.87. The highest BCUT2D eigenvalue weighted by Gasteiger charge is 2.37. The van der Waals surface area contributed by atoms with Gasteiger partial charge in [-0.05, 0) is 37.1 Å². The maximum atomic E-state index is 13.2. The van der Waals surface area contributed by atoms with Gasteiger partial charge >= 0.3 is 0 Å². The SMILES string of the molecule is CCCCN(C(=O)[C@H]1CC(=O)N(c2ccccc2C)C1)c1ccccc1. The highest BCUT2D eigenvalue weighted by atomic mass is 16.2. The van der Waals surface area contributed by atoms with Gasteiger partial charge in [0, 0.05) is 30.9 Å². The third-order valence-corrected chi connectivity index (χ3v) is 4.95. The van der Waals surface area contributed by atoms with Gasteiger partial charge in [-0.15, -0.1) is 0 Å². The first-order valence-electron chi connectivity index (χ1n) is 9.34. The molecule has 3 rings (SSSR count). The molecule has 26 heavy (non-hydrogen) atoms. The van der Waals surface area contributed by atoms with Crippen LogP contribution in [0.2, 0.25) is 0 Å². The van der Waals surface area contributed by atoms with Gasteiger partial charge in [0.05, 0.1) is 5.92 Å². The number of carbonyl (C=O) groups is 2. The van der Waals surface area contributed by atoms with Crippen molar-refractivity contribution in [3.05, 3.63) is 60.2 Å². The predicted octanol–water partition coefficient (Wildman–Crippen LogP) is 4.18. The average Bonchev–Trinajstić information content (AvgIpc) is 3.05. The van der Waals surface area contributed by atoms with Crippen LogP contribution >= 0.6 is 0 Å². The summed E-state index contributed by atoms with van der Waals surface area (Å²) in [6, 6.07) is 17.6. The van der Waals surface area contributed by atoms with Crippen LogP contribution in [0.4, 0.5) is 11.4 Å². The molecule has 0 bridgehead atoms. The van der Waals surface area contributed by atoms with Gasteiger partial charge in [0.1, 0.15) is 0 Å². The van der Waals surface area contributed by atoms with Crippen molar-refractivity contribution in [1.29, 1.82) is 0 Å². The first-order valence-corrected chi connectivity index (χ1v) is 9.34. The quantitative estimate of drug-likeness (QED) is 0.784. The fraction of sp³-hybridized carbons (Fsp3) is 0.364. The first kappa shape index (κ1) is 18.2. The van der Waals surface area contributed by atoms with Gasteiger partial charge < -0.3 is 9.80 Å². The topological polar surface area (TPSA) is 40.6 Å². The van der Waals surface area contributed by atoms with Gasteiger partial charge in [0.2, 0.25) is 11.8 Å². The van der Waals surface area contributed by atoms with Gasteiger partial charge in [-0.25, -0.2) is 0 Å². The Kier molecular flexibility index (Phi) is 5.71. The number of aryl methyl sites for hydroxylation is 1. The Balaban J connectivity index is 1.80. The van der Waals surface area contributed by atoms with Crippen LogP contribution in [0.25, 0.3) is 0 Å². The molecule has 136 valence electrons. The van der Waals surface area contributed by atoms with E-state index in [9.17, 15) is 9.59 Å². The summed E-state index contributed by atoms with van der Waals surface area (Å²) in [6.07, 6.45) is 2.25. The molecule has 0 spiro atoms. The third-order valence-electron chi connectivity index (χ3n) is 4.95. The zero-order valence-corrected chi connectivity index (χ0v) is 15.5. The summed E-state index contributed by atoms with van der Waals surface area (Å²) in [6.45, 7) is 5.26. The normalized spacial score (nSPS) is 16.8. The van der Waals surface area contributed by atoms with E-state index >= 15 is 0 Å². The number of unbranched alkanes of at least 4 members (excludes halogenated alkanes) is 1. The van der Waals surface area contributed by atoms with Crippen LogP contribution in [0.15, 0.2) is 54.6 Å².